The van der Waals surface area contributed by atoms with Crippen molar-refractivity contribution in [2.75, 3.05) is 13.1 Å². The van der Waals surface area contributed by atoms with Crippen LogP contribution in [0.4, 0.5) is 4.79 Å². The lowest BCUT2D eigenvalue weighted by Crippen LogP contribution is -2.42. The van der Waals surface area contributed by atoms with Gasteiger partial charge in [0.15, 0.2) is 0 Å². The second-order valence-electron chi connectivity index (χ2n) is 4.65. The lowest BCUT2D eigenvalue weighted by molar-refractivity contribution is 0.204. The van der Waals surface area contributed by atoms with Crippen LogP contribution in [0.15, 0.2) is 35.7 Å². The summed E-state index contributed by atoms with van der Waals surface area (Å²) in [5, 5.41) is 1.01. The maximum Gasteiger partial charge on any atom is 0.331 e. The molecule has 0 heterocycles. The Hall–Kier alpha value is -1.82. The Morgan fingerprint density at radius 3 is 2.24 bits per heavy atom. The average molecular weight is 310 g/mol. The molecule has 1 aromatic carbocycles. The first-order chi connectivity index (χ1) is 9.98. The van der Waals surface area contributed by atoms with E-state index >= 15 is 0 Å². The molecule has 0 atom stereocenters. The summed E-state index contributed by atoms with van der Waals surface area (Å²) in [4.78, 5) is 13.5. The van der Waals surface area contributed by atoms with E-state index in [2.05, 4.69) is 4.72 Å². The van der Waals surface area contributed by atoms with Gasteiger partial charge in [0.05, 0.1) is 5.41 Å². The van der Waals surface area contributed by atoms with Crippen molar-refractivity contribution in [1.29, 1.82) is 0 Å². The van der Waals surface area contributed by atoms with Gasteiger partial charge >= 0.3 is 6.03 Å². The number of carbonyl (C=O) groups is 1. The third-order valence-electron chi connectivity index (χ3n) is 2.74. The van der Waals surface area contributed by atoms with Crippen LogP contribution < -0.4 is 4.72 Å². The van der Waals surface area contributed by atoms with Crippen LogP contribution >= 0.6 is 0 Å². The summed E-state index contributed by atoms with van der Waals surface area (Å²) in [6.07, 6.45) is 3.03. The van der Waals surface area contributed by atoms with E-state index in [1.54, 1.807) is 12.1 Å². The molecule has 0 fully saturated rings. The minimum atomic E-state index is -3.78. The van der Waals surface area contributed by atoms with E-state index in [-0.39, 0.29) is 0 Å². The molecule has 0 aliphatic heterocycles. The molecule has 21 heavy (non-hydrogen) atoms. The minimum Gasteiger partial charge on any atom is -0.324 e. The van der Waals surface area contributed by atoms with E-state index in [1.165, 1.54) is 11.0 Å². The Balaban J connectivity index is 2.70. The molecular weight excluding hydrogens is 288 g/mol. The van der Waals surface area contributed by atoms with Gasteiger partial charge in [0.25, 0.3) is 10.0 Å². The summed E-state index contributed by atoms with van der Waals surface area (Å²) in [6, 6.07) is 8.48. The fourth-order valence-electron chi connectivity index (χ4n) is 1.81. The maximum absolute atomic E-state index is 12.0. The van der Waals surface area contributed by atoms with Crippen LogP contribution in [0.25, 0.3) is 6.08 Å². The first-order valence-corrected chi connectivity index (χ1v) is 8.58. The monoisotopic (exact) mass is 310 g/mol. The number of sulfonamides is 1. The van der Waals surface area contributed by atoms with Crippen molar-refractivity contribution in [2.45, 2.75) is 26.7 Å². The van der Waals surface area contributed by atoms with Crippen molar-refractivity contribution in [3.63, 3.8) is 0 Å². The Kier molecular flexibility index (Phi) is 6.94. The van der Waals surface area contributed by atoms with Gasteiger partial charge in [0.1, 0.15) is 0 Å². The first kappa shape index (κ1) is 17.2. The van der Waals surface area contributed by atoms with Crippen molar-refractivity contribution >= 4 is 22.1 Å². The molecule has 116 valence electrons. The zero-order valence-electron chi connectivity index (χ0n) is 12.5. The second kappa shape index (κ2) is 8.46. The number of benzene rings is 1. The zero-order chi connectivity index (χ0) is 15.7. The summed E-state index contributed by atoms with van der Waals surface area (Å²) in [5.41, 5.74) is 0.759. The molecule has 0 spiro atoms. The van der Waals surface area contributed by atoms with Gasteiger partial charge in [-0.2, -0.15) is 0 Å². The van der Waals surface area contributed by atoms with Crippen LogP contribution in [0.2, 0.25) is 0 Å². The second-order valence-corrected chi connectivity index (χ2v) is 6.22. The Morgan fingerprint density at radius 2 is 1.71 bits per heavy atom. The number of urea groups is 1. The van der Waals surface area contributed by atoms with Gasteiger partial charge in [-0.25, -0.2) is 17.9 Å². The van der Waals surface area contributed by atoms with Crippen LogP contribution in [0.1, 0.15) is 32.3 Å². The molecule has 1 rings (SSSR count). The molecule has 6 heteroatoms. The molecule has 0 aliphatic carbocycles. The quantitative estimate of drug-likeness (QED) is 0.842. The smallest absolute Gasteiger partial charge is 0.324 e. The van der Waals surface area contributed by atoms with Crippen LogP contribution in [0, 0.1) is 0 Å². The van der Waals surface area contributed by atoms with Gasteiger partial charge in [0.2, 0.25) is 0 Å². The number of hydrogen-bond donors (Lipinski definition) is 1. The summed E-state index contributed by atoms with van der Waals surface area (Å²) >= 11 is 0. The summed E-state index contributed by atoms with van der Waals surface area (Å²) in [5.74, 6) is 0. The van der Waals surface area contributed by atoms with Gasteiger partial charge in [-0.15, -0.1) is 0 Å². The zero-order valence-corrected chi connectivity index (χ0v) is 13.3. The molecule has 0 bridgehead atoms. The normalized spacial score (nSPS) is 11.5. The topological polar surface area (TPSA) is 66.5 Å². The first-order valence-electron chi connectivity index (χ1n) is 7.03. The lowest BCUT2D eigenvalue weighted by Gasteiger charge is -2.21. The summed E-state index contributed by atoms with van der Waals surface area (Å²) in [7, 11) is -3.78. The fraction of sp³-hybridized carbons (Fsp3) is 0.400. The third kappa shape index (κ3) is 6.44. The number of nitrogens with zero attached hydrogens (tertiary/aromatic N) is 1. The SMILES string of the molecule is CCCN(CCC)C(=O)NS(=O)(=O)/C=C/c1ccccc1. The highest BCUT2D eigenvalue weighted by Crippen LogP contribution is 2.03. The maximum atomic E-state index is 12.0. The van der Waals surface area contributed by atoms with Crippen molar-refractivity contribution in [2.24, 2.45) is 0 Å². The van der Waals surface area contributed by atoms with Gasteiger partial charge in [-0.05, 0) is 24.5 Å². The number of nitrogens with one attached hydrogen (secondary N) is 1. The highest BCUT2D eigenvalue weighted by atomic mass is 32.2. The molecule has 0 saturated heterocycles. The van der Waals surface area contributed by atoms with E-state index in [9.17, 15) is 13.2 Å². The van der Waals surface area contributed by atoms with E-state index in [0.29, 0.717) is 13.1 Å². The molecular formula is C15H22N2O3S. The van der Waals surface area contributed by atoms with Crippen molar-refractivity contribution in [3.05, 3.63) is 41.3 Å². The Morgan fingerprint density at radius 1 is 1.14 bits per heavy atom. The third-order valence-corrected chi connectivity index (χ3v) is 3.70. The molecule has 0 aromatic heterocycles. The molecule has 1 N–H and O–H groups in total. The van der Waals surface area contributed by atoms with E-state index in [1.807, 2.05) is 32.0 Å². The van der Waals surface area contributed by atoms with E-state index in [4.69, 9.17) is 0 Å². The number of hydrogen-bond acceptors (Lipinski definition) is 3. The van der Waals surface area contributed by atoms with Crippen LogP contribution in [-0.2, 0) is 10.0 Å². The minimum absolute atomic E-state index is 0.539. The summed E-state index contributed by atoms with van der Waals surface area (Å²) < 4.78 is 25.8. The highest BCUT2D eigenvalue weighted by Gasteiger charge is 2.16. The number of rotatable bonds is 7. The Labute approximate surface area is 126 Å². The predicted molar refractivity (Wildman–Crippen MR) is 85.1 cm³/mol. The standard InChI is InChI=1S/C15H22N2O3S/c1-3-11-17(12-4-2)15(18)16-21(19,20)13-10-14-8-6-5-7-9-14/h5-10,13H,3-4,11-12H2,1-2H3,(H,16,18)/b13-10+. The van der Waals surface area contributed by atoms with Gasteiger partial charge in [0, 0.05) is 13.1 Å². The molecule has 0 saturated carbocycles. The van der Waals surface area contributed by atoms with Crippen molar-refractivity contribution < 1.29 is 13.2 Å². The largest absolute Gasteiger partial charge is 0.331 e. The van der Waals surface area contributed by atoms with Crippen LogP contribution in [0.3, 0.4) is 0 Å². The Bertz CT molecular complexity index is 562. The van der Waals surface area contributed by atoms with Crippen LogP contribution in [-0.4, -0.2) is 32.4 Å². The lowest BCUT2D eigenvalue weighted by atomic mass is 10.2. The molecule has 2 amide bonds. The average Bonchev–Trinajstić information content (AvgIpc) is 2.46. The highest BCUT2D eigenvalue weighted by molar-refractivity contribution is 7.93. The predicted octanol–water partition coefficient (Wildman–Crippen LogP) is 2.82. The van der Waals surface area contributed by atoms with Gasteiger partial charge in [-0.3, -0.25) is 0 Å². The van der Waals surface area contributed by atoms with Crippen molar-refractivity contribution in [1.82, 2.24) is 9.62 Å². The van der Waals surface area contributed by atoms with Crippen LogP contribution in [0.5, 0.6) is 0 Å². The molecule has 0 unspecified atom stereocenters. The molecule has 1 aromatic rings. The number of amides is 2. The fourth-order valence-corrected chi connectivity index (χ4v) is 2.58. The molecule has 0 aliphatic rings. The molecule has 0 radical (unpaired) electrons. The van der Waals surface area contributed by atoms with E-state index < -0.39 is 16.1 Å². The van der Waals surface area contributed by atoms with E-state index in [0.717, 1.165) is 23.8 Å². The number of carbonyl (C=O) groups excluding carboxylic acids is 1. The van der Waals surface area contributed by atoms with Gasteiger partial charge in [-0.1, -0.05) is 44.2 Å². The summed E-state index contributed by atoms with van der Waals surface area (Å²) in [6.45, 7) is 4.97. The van der Waals surface area contributed by atoms with Crippen molar-refractivity contribution in [3.8, 4) is 0 Å². The molecule has 5 nitrogen and oxygen atoms in total. The van der Waals surface area contributed by atoms with Gasteiger partial charge < -0.3 is 4.90 Å².